The molecular formula is C17H27NO. The molecular weight excluding hydrogens is 234 g/mol. The van der Waals surface area contributed by atoms with E-state index >= 15 is 0 Å². The van der Waals surface area contributed by atoms with Gasteiger partial charge in [0.1, 0.15) is 0 Å². The van der Waals surface area contributed by atoms with Gasteiger partial charge in [-0.15, -0.1) is 0 Å². The van der Waals surface area contributed by atoms with E-state index in [1.54, 1.807) is 0 Å². The Morgan fingerprint density at radius 1 is 1.21 bits per heavy atom. The van der Waals surface area contributed by atoms with Crippen LogP contribution in [-0.2, 0) is 5.41 Å². The van der Waals surface area contributed by atoms with Crippen LogP contribution in [0.1, 0.15) is 61.2 Å². The van der Waals surface area contributed by atoms with E-state index in [2.05, 4.69) is 32.9 Å². The molecule has 19 heavy (non-hydrogen) atoms. The maximum Gasteiger partial charge on any atom is 0.166 e. The number of benzene rings is 1. The third-order valence-corrected chi connectivity index (χ3v) is 3.69. The van der Waals surface area contributed by atoms with E-state index < -0.39 is 0 Å². The summed E-state index contributed by atoms with van der Waals surface area (Å²) in [5, 5.41) is 0. The van der Waals surface area contributed by atoms with Gasteiger partial charge in [0.05, 0.1) is 0 Å². The fourth-order valence-corrected chi connectivity index (χ4v) is 2.41. The minimum atomic E-state index is 0.00267. The molecule has 1 unspecified atom stereocenters. The van der Waals surface area contributed by atoms with E-state index in [9.17, 15) is 4.79 Å². The Labute approximate surface area is 117 Å². The molecule has 0 aromatic heterocycles. The highest BCUT2D eigenvalue weighted by Crippen LogP contribution is 2.28. The van der Waals surface area contributed by atoms with Crippen LogP contribution >= 0.6 is 0 Å². The van der Waals surface area contributed by atoms with Gasteiger partial charge >= 0.3 is 0 Å². The van der Waals surface area contributed by atoms with E-state index in [4.69, 9.17) is 5.73 Å². The number of nitrogens with two attached hydrogens (primary N) is 1. The summed E-state index contributed by atoms with van der Waals surface area (Å²) in [4.78, 5) is 12.5. The Kier molecular flexibility index (Phi) is 4.92. The van der Waals surface area contributed by atoms with Crippen molar-refractivity contribution < 1.29 is 4.79 Å². The lowest BCUT2D eigenvalue weighted by Crippen LogP contribution is -2.19. The molecule has 0 spiro atoms. The molecule has 2 nitrogen and oxygen atoms in total. The average Bonchev–Trinajstić information content (AvgIpc) is 2.26. The lowest BCUT2D eigenvalue weighted by Gasteiger charge is -2.23. The number of hydrogen-bond donors (Lipinski definition) is 1. The van der Waals surface area contributed by atoms with Crippen molar-refractivity contribution in [2.24, 2.45) is 11.7 Å². The summed E-state index contributed by atoms with van der Waals surface area (Å²) in [6.45, 7) is 13.2. The number of carbonyl (C=O) groups is 1. The SMILES string of the molecule is Cc1cc(C(C)(C)C)cc(C)c1C(=O)C(C)CCN. The molecule has 2 N–H and O–H groups in total. The number of ketones is 1. The van der Waals surface area contributed by atoms with Crippen molar-refractivity contribution >= 4 is 5.78 Å². The van der Waals surface area contributed by atoms with Crippen LogP contribution in [-0.4, -0.2) is 12.3 Å². The van der Waals surface area contributed by atoms with E-state index in [0.29, 0.717) is 6.54 Å². The van der Waals surface area contributed by atoms with Gasteiger partial charge in [-0.25, -0.2) is 0 Å². The predicted octanol–water partition coefficient (Wildman–Crippen LogP) is 3.77. The summed E-state index contributed by atoms with van der Waals surface area (Å²) >= 11 is 0. The minimum absolute atomic E-state index is 0.00267. The molecule has 2 heteroatoms. The van der Waals surface area contributed by atoms with Crippen molar-refractivity contribution in [2.75, 3.05) is 6.54 Å². The smallest absolute Gasteiger partial charge is 0.166 e. The van der Waals surface area contributed by atoms with Crippen molar-refractivity contribution in [3.8, 4) is 0 Å². The normalized spacial score (nSPS) is 13.4. The molecule has 0 bridgehead atoms. The number of carbonyl (C=O) groups excluding carboxylic acids is 1. The van der Waals surface area contributed by atoms with Crippen molar-refractivity contribution in [2.45, 2.75) is 53.4 Å². The zero-order chi connectivity index (χ0) is 14.8. The summed E-state index contributed by atoms with van der Waals surface area (Å²) < 4.78 is 0. The molecule has 106 valence electrons. The molecule has 0 radical (unpaired) electrons. The van der Waals surface area contributed by atoms with Crippen molar-refractivity contribution in [1.82, 2.24) is 0 Å². The highest BCUT2D eigenvalue weighted by Gasteiger charge is 2.21. The maximum atomic E-state index is 12.5. The first-order chi connectivity index (χ1) is 8.68. The topological polar surface area (TPSA) is 43.1 Å². The molecule has 0 saturated heterocycles. The zero-order valence-electron chi connectivity index (χ0n) is 13.1. The monoisotopic (exact) mass is 261 g/mol. The van der Waals surface area contributed by atoms with E-state index in [0.717, 1.165) is 23.1 Å². The minimum Gasteiger partial charge on any atom is -0.330 e. The average molecular weight is 261 g/mol. The van der Waals surface area contributed by atoms with Crippen molar-refractivity contribution in [1.29, 1.82) is 0 Å². The van der Waals surface area contributed by atoms with Crippen LogP contribution in [0.3, 0.4) is 0 Å². The molecule has 0 saturated carbocycles. The summed E-state index contributed by atoms with van der Waals surface area (Å²) in [6.07, 6.45) is 0.749. The number of hydrogen-bond acceptors (Lipinski definition) is 2. The van der Waals surface area contributed by atoms with Gasteiger partial charge in [-0.2, -0.15) is 0 Å². The highest BCUT2D eigenvalue weighted by molar-refractivity contribution is 6.00. The van der Waals surface area contributed by atoms with E-state index in [1.165, 1.54) is 5.56 Å². The maximum absolute atomic E-state index is 12.5. The summed E-state index contributed by atoms with van der Waals surface area (Å²) in [5.41, 5.74) is 9.99. The first kappa shape index (κ1) is 15.9. The number of rotatable bonds is 4. The van der Waals surface area contributed by atoms with Crippen LogP contribution in [0.5, 0.6) is 0 Å². The van der Waals surface area contributed by atoms with Gasteiger partial charge in [-0.3, -0.25) is 4.79 Å². The molecule has 0 aliphatic heterocycles. The Bertz CT molecular complexity index is 446. The van der Waals surface area contributed by atoms with Gasteiger partial charge in [0.25, 0.3) is 0 Å². The molecule has 0 amide bonds. The fraction of sp³-hybridized carbons (Fsp3) is 0.588. The fourth-order valence-electron chi connectivity index (χ4n) is 2.41. The lowest BCUT2D eigenvalue weighted by atomic mass is 9.82. The number of aryl methyl sites for hydroxylation is 2. The van der Waals surface area contributed by atoms with Crippen LogP contribution in [0, 0.1) is 19.8 Å². The molecule has 1 aromatic carbocycles. The summed E-state index contributed by atoms with van der Waals surface area (Å²) in [5.74, 6) is 0.226. The second-order valence-electron chi connectivity index (χ2n) is 6.58. The van der Waals surface area contributed by atoms with E-state index in [-0.39, 0.29) is 17.1 Å². The van der Waals surface area contributed by atoms with Crippen molar-refractivity contribution in [3.05, 3.63) is 34.4 Å². The molecule has 1 rings (SSSR count). The lowest BCUT2D eigenvalue weighted by molar-refractivity contribution is 0.0924. The van der Waals surface area contributed by atoms with Gasteiger partial charge in [0.15, 0.2) is 5.78 Å². The Morgan fingerprint density at radius 3 is 2.05 bits per heavy atom. The second-order valence-corrected chi connectivity index (χ2v) is 6.58. The third-order valence-electron chi connectivity index (χ3n) is 3.69. The van der Waals surface area contributed by atoms with Crippen molar-refractivity contribution in [3.63, 3.8) is 0 Å². The Morgan fingerprint density at radius 2 is 1.68 bits per heavy atom. The quantitative estimate of drug-likeness (QED) is 0.838. The Balaban J connectivity index is 3.21. The standard InChI is InChI=1S/C17H27NO/c1-11(7-8-18)16(19)15-12(2)9-14(10-13(15)3)17(4,5)6/h9-11H,7-8,18H2,1-6H3. The molecule has 0 aliphatic rings. The third kappa shape index (κ3) is 3.66. The van der Waals surface area contributed by atoms with Gasteiger partial charge in [-0.05, 0) is 48.9 Å². The van der Waals surface area contributed by atoms with E-state index in [1.807, 2.05) is 20.8 Å². The Hall–Kier alpha value is -1.15. The number of Topliss-reactive ketones (excluding diaryl/α,β-unsaturated/α-hetero) is 1. The molecule has 0 aliphatic carbocycles. The molecule has 1 aromatic rings. The van der Waals surface area contributed by atoms with Crippen LogP contribution < -0.4 is 5.73 Å². The zero-order valence-corrected chi connectivity index (χ0v) is 13.1. The molecule has 1 atom stereocenters. The van der Waals surface area contributed by atoms with Gasteiger partial charge in [0, 0.05) is 11.5 Å². The molecule has 0 fully saturated rings. The predicted molar refractivity (Wildman–Crippen MR) is 81.8 cm³/mol. The van der Waals surface area contributed by atoms with Gasteiger partial charge in [0.2, 0.25) is 0 Å². The second kappa shape index (κ2) is 5.87. The van der Waals surface area contributed by atoms with Gasteiger partial charge in [-0.1, -0.05) is 39.8 Å². The van der Waals surface area contributed by atoms with Crippen LogP contribution in [0.2, 0.25) is 0 Å². The first-order valence-electron chi connectivity index (χ1n) is 7.04. The summed E-state index contributed by atoms with van der Waals surface area (Å²) in [7, 11) is 0. The van der Waals surface area contributed by atoms with Crippen LogP contribution in [0.15, 0.2) is 12.1 Å². The first-order valence-corrected chi connectivity index (χ1v) is 7.04. The largest absolute Gasteiger partial charge is 0.330 e. The molecule has 0 heterocycles. The van der Waals surface area contributed by atoms with Crippen LogP contribution in [0.4, 0.5) is 0 Å². The highest BCUT2D eigenvalue weighted by atomic mass is 16.1. The summed E-state index contributed by atoms with van der Waals surface area (Å²) in [6, 6.07) is 4.30. The van der Waals surface area contributed by atoms with Crippen LogP contribution in [0.25, 0.3) is 0 Å². The van der Waals surface area contributed by atoms with Gasteiger partial charge < -0.3 is 5.73 Å².